The highest BCUT2D eigenvalue weighted by Gasteiger charge is 2.52. The maximum Gasteiger partial charge on any atom is 0.305 e. The molecule has 208 valence electrons. The molecule has 37 heavy (non-hydrogen) atoms. The molecule has 0 N–H and O–H groups in total. The summed E-state index contributed by atoms with van der Waals surface area (Å²) in [4.78, 5) is 70.3. The highest BCUT2D eigenvalue weighted by atomic mass is 16.8. The van der Waals surface area contributed by atoms with Gasteiger partial charge in [-0.15, -0.1) is 0 Å². The number of carbonyl (C=O) groups excluding carboxylic acids is 6. The van der Waals surface area contributed by atoms with Crippen LogP contribution in [0.2, 0.25) is 0 Å². The number of rotatable bonds is 8. The summed E-state index contributed by atoms with van der Waals surface area (Å²) >= 11 is 0. The van der Waals surface area contributed by atoms with Crippen molar-refractivity contribution in [3.63, 3.8) is 0 Å². The van der Waals surface area contributed by atoms with Crippen molar-refractivity contribution in [1.29, 1.82) is 0 Å². The van der Waals surface area contributed by atoms with E-state index in [2.05, 4.69) is 0 Å². The highest BCUT2D eigenvalue weighted by molar-refractivity contribution is 5.69. The zero-order chi connectivity index (χ0) is 27.9. The van der Waals surface area contributed by atoms with Gasteiger partial charge in [0.1, 0.15) is 6.10 Å². The van der Waals surface area contributed by atoms with Crippen LogP contribution in [0, 0.1) is 0 Å². The van der Waals surface area contributed by atoms with Crippen LogP contribution in [0.1, 0.15) is 41.5 Å². The van der Waals surface area contributed by atoms with Crippen LogP contribution in [-0.4, -0.2) is 98.2 Å². The minimum atomic E-state index is -1.45. The molecule has 0 aliphatic carbocycles. The van der Waals surface area contributed by atoms with Crippen LogP contribution < -0.4 is 0 Å². The van der Waals surface area contributed by atoms with Gasteiger partial charge < -0.3 is 42.6 Å². The van der Waals surface area contributed by atoms with E-state index in [0.29, 0.717) is 0 Å². The lowest BCUT2D eigenvalue weighted by Gasteiger charge is -2.44. The Bertz CT molecular complexity index is 815. The summed E-state index contributed by atoms with van der Waals surface area (Å²) in [7, 11) is 0. The second-order valence-corrected chi connectivity index (χ2v) is 8.13. The average Bonchev–Trinajstić information content (AvgIpc) is 2.74. The van der Waals surface area contributed by atoms with Crippen molar-refractivity contribution in [2.75, 3.05) is 13.2 Å². The molecule has 2 rings (SSSR count). The van der Waals surface area contributed by atoms with Crippen molar-refractivity contribution in [2.45, 2.75) is 90.7 Å². The molecule has 2 aliphatic rings. The molecule has 0 radical (unpaired) electrons. The molecule has 2 fully saturated rings. The van der Waals surface area contributed by atoms with Crippen molar-refractivity contribution in [1.82, 2.24) is 0 Å². The molecule has 0 spiro atoms. The number of hydrogen-bond acceptors (Lipinski definition) is 15. The quantitative estimate of drug-likeness (QED) is 0.281. The predicted molar refractivity (Wildman–Crippen MR) is 114 cm³/mol. The minimum absolute atomic E-state index is 0.324. The number of ether oxygens (including phenoxy) is 9. The standard InChI is InChI=1S/C22H30O15/c1-9(23)31-15-7-30-22(20(35-13(5)27)17(15)32-10(2)24)37-16-8-29-21(36-14(6)28)19(34-12(4)26)18(16)33-11(3)25/h15-22H,7-8H2,1-6H3/t15-,16-,17+,18+,19-,20-,21?,22+/m1/s1. The van der Waals surface area contributed by atoms with Gasteiger partial charge in [0.05, 0.1) is 13.2 Å². The summed E-state index contributed by atoms with van der Waals surface area (Å²) in [6.07, 6.45) is -10.8. The van der Waals surface area contributed by atoms with E-state index in [0.717, 1.165) is 41.5 Å². The smallest absolute Gasteiger partial charge is 0.305 e. The third-order valence-electron chi connectivity index (χ3n) is 4.88. The molecule has 0 amide bonds. The second-order valence-electron chi connectivity index (χ2n) is 8.13. The van der Waals surface area contributed by atoms with Crippen LogP contribution in [0.15, 0.2) is 0 Å². The van der Waals surface area contributed by atoms with E-state index in [1.807, 2.05) is 0 Å². The van der Waals surface area contributed by atoms with Crippen LogP contribution in [0.5, 0.6) is 0 Å². The van der Waals surface area contributed by atoms with Crippen LogP contribution in [-0.2, 0) is 71.4 Å². The Kier molecular flexibility index (Phi) is 10.8. The molecular weight excluding hydrogens is 504 g/mol. The molecule has 0 aromatic heterocycles. The normalized spacial score (nSPS) is 31.3. The Labute approximate surface area is 211 Å². The van der Waals surface area contributed by atoms with Gasteiger partial charge in [-0.3, -0.25) is 28.8 Å². The average molecular weight is 534 g/mol. The molecule has 2 saturated heterocycles. The topological polar surface area (TPSA) is 185 Å². The Hall–Kier alpha value is -3.30. The van der Waals surface area contributed by atoms with Crippen LogP contribution >= 0.6 is 0 Å². The lowest BCUT2D eigenvalue weighted by molar-refractivity contribution is -0.328. The van der Waals surface area contributed by atoms with Crippen molar-refractivity contribution < 1.29 is 71.4 Å². The molecule has 15 nitrogen and oxygen atoms in total. The fourth-order valence-electron chi connectivity index (χ4n) is 3.77. The van der Waals surface area contributed by atoms with Gasteiger partial charge in [0.2, 0.25) is 12.4 Å². The van der Waals surface area contributed by atoms with E-state index in [9.17, 15) is 28.8 Å². The largest absolute Gasteiger partial charge is 0.456 e. The molecule has 2 heterocycles. The van der Waals surface area contributed by atoms with Gasteiger partial charge in [0.25, 0.3) is 0 Å². The van der Waals surface area contributed by atoms with Crippen molar-refractivity contribution in [2.24, 2.45) is 0 Å². The molecule has 0 aromatic rings. The molecule has 2 aliphatic heterocycles. The Morgan fingerprint density at radius 1 is 0.459 bits per heavy atom. The van der Waals surface area contributed by atoms with Crippen LogP contribution in [0.3, 0.4) is 0 Å². The zero-order valence-electron chi connectivity index (χ0n) is 21.2. The first-order valence-electron chi connectivity index (χ1n) is 11.2. The maximum absolute atomic E-state index is 11.9. The summed E-state index contributed by atoms with van der Waals surface area (Å²) in [5.41, 5.74) is 0. The summed E-state index contributed by atoms with van der Waals surface area (Å²) in [6, 6.07) is 0. The number of carbonyl (C=O) groups is 6. The fourth-order valence-corrected chi connectivity index (χ4v) is 3.77. The highest BCUT2D eigenvalue weighted by Crippen LogP contribution is 2.30. The Balaban J connectivity index is 2.38. The summed E-state index contributed by atoms with van der Waals surface area (Å²) in [5, 5.41) is 0. The third kappa shape index (κ3) is 8.94. The molecule has 0 bridgehead atoms. The molecular formula is C22H30O15. The Morgan fingerprint density at radius 3 is 1.27 bits per heavy atom. The van der Waals surface area contributed by atoms with Crippen LogP contribution in [0.25, 0.3) is 0 Å². The van der Waals surface area contributed by atoms with Gasteiger partial charge in [0.15, 0.2) is 30.7 Å². The van der Waals surface area contributed by atoms with E-state index >= 15 is 0 Å². The Morgan fingerprint density at radius 2 is 0.811 bits per heavy atom. The van der Waals surface area contributed by atoms with E-state index in [1.165, 1.54) is 0 Å². The lowest BCUT2D eigenvalue weighted by Crippen LogP contribution is -2.62. The van der Waals surface area contributed by atoms with Gasteiger partial charge in [-0.25, -0.2) is 0 Å². The van der Waals surface area contributed by atoms with Gasteiger partial charge in [-0.1, -0.05) is 0 Å². The van der Waals surface area contributed by atoms with E-state index in [1.54, 1.807) is 0 Å². The molecule has 1 unspecified atom stereocenters. The van der Waals surface area contributed by atoms with Gasteiger partial charge >= 0.3 is 35.8 Å². The molecule has 15 heteroatoms. The van der Waals surface area contributed by atoms with Crippen molar-refractivity contribution in [3.8, 4) is 0 Å². The summed E-state index contributed by atoms with van der Waals surface area (Å²) in [6.45, 7) is 5.92. The van der Waals surface area contributed by atoms with Gasteiger partial charge in [-0.05, 0) is 0 Å². The maximum atomic E-state index is 11.9. The van der Waals surface area contributed by atoms with Crippen molar-refractivity contribution >= 4 is 35.8 Å². The first-order chi connectivity index (χ1) is 17.3. The van der Waals surface area contributed by atoms with E-state index < -0.39 is 85.0 Å². The van der Waals surface area contributed by atoms with E-state index in [-0.39, 0.29) is 13.2 Å². The third-order valence-corrected chi connectivity index (χ3v) is 4.88. The minimum Gasteiger partial charge on any atom is -0.456 e. The second kappa shape index (κ2) is 13.3. The van der Waals surface area contributed by atoms with Gasteiger partial charge in [-0.2, -0.15) is 0 Å². The first-order valence-corrected chi connectivity index (χ1v) is 11.2. The fraction of sp³-hybridized carbons (Fsp3) is 0.727. The first kappa shape index (κ1) is 29.9. The molecule has 8 atom stereocenters. The molecule has 0 aromatic carbocycles. The lowest BCUT2D eigenvalue weighted by atomic mass is 10.0. The van der Waals surface area contributed by atoms with E-state index in [4.69, 9.17) is 42.6 Å². The zero-order valence-corrected chi connectivity index (χ0v) is 21.2. The SMILES string of the molecule is CC(=O)OC1OC[C@@H](O[C@@H]2OC[C@@H](OC(C)=O)[C@H](OC(C)=O)[C@H]2OC(C)=O)[C@H](OC(C)=O)[C@H]1OC(C)=O. The number of esters is 6. The van der Waals surface area contributed by atoms with Gasteiger partial charge in [0, 0.05) is 41.5 Å². The predicted octanol–water partition coefficient (Wildman–Crippen LogP) is -0.694. The summed E-state index contributed by atoms with van der Waals surface area (Å²) in [5.74, 6) is -4.61. The molecule has 0 saturated carbocycles. The summed E-state index contributed by atoms with van der Waals surface area (Å²) < 4.78 is 48.3. The van der Waals surface area contributed by atoms with Crippen LogP contribution in [0.4, 0.5) is 0 Å². The van der Waals surface area contributed by atoms with Crippen molar-refractivity contribution in [3.05, 3.63) is 0 Å². The number of hydrogen-bond donors (Lipinski definition) is 0. The monoisotopic (exact) mass is 534 g/mol.